The van der Waals surface area contributed by atoms with Crippen molar-refractivity contribution in [2.75, 3.05) is 31.5 Å². The summed E-state index contributed by atoms with van der Waals surface area (Å²) >= 11 is 0. The number of aryl methyl sites for hydroxylation is 1. The molecule has 0 bridgehead atoms. The molecule has 5 heterocycles. The van der Waals surface area contributed by atoms with E-state index in [4.69, 9.17) is 19.4 Å². The molecular formula is C40H39N7O4. The first kappa shape index (κ1) is 32.8. The average molecular weight is 682 g/mol. The molecule has 2 fully saturated rings. The largest absolute Gasteiger partial charge is 0.481 e. The number of pyridine rings is 2. The molecule has 2 saturated heterocycles. The molecule has 5 aromatic rings. The maximum Gasteiger partial charge on any atom is 0.307 e. The number of nitrogens with zero attached hydrogens (tertiary/aromatic N) is 6. The van der Waals surface area contributed by atoms with Crippen LogP contribution in [0.4, 0.5) is 5.82 Å². The fourth-order valence-corrected chi connectivity index (χ4v) is 7.80. The smallest absolute Gasteiger partial charge is 0.307 e. The summed E-state index contributed by atoms with van der Waals surface area (Å²) in [7, 11) is 0. The van der Waals surface area contributed by atoms with E-state index in [9.17, 15) is 20.3 Å². The number of nitrogens with one attached hydrogen (secondary N) is 1. The summed E-state index contributed by atoms with van der Waals surface area (Å²) in [5, 5.41) is 34.2. The number of anilines is 1. The minimum Gasteiger partial charge on any atom is -0.481 e. The lowest BCUT2D eigenvalue weighted by atomic mass is 9.73. The number of hydrogen-bond donors (Lipinski definition) is 3. The fraction of sp³-hybridized carbons (Fsp3) is 0.325. The van der Waals surface area contributed by atoms with Crippen LogP contribution in [0.2, 0.25) is 0 Å². The van der Waals surface area contributed by atoms with Gasteiger partial charge < -0.3 is 19.9 Å². The molecule has 3 aromatic heterocycles. The fourth-order valence-electron chi connectivity index (χ4n) is 7.80. The van der Waals surface area contributed by atoms with Gasteiger partial charge in [-0.05, 0) is 78.1 Å². The molecule has 11 nitrogen and oxygen atoms in total. The van der Waals surface area contributed by atoms with Gasteiger partial charge in [0.2, 0.25) is 5.89 Å². The number of β-amino-alcohol motifs (C(OH)–C–C–N with tert-alkyl or cyclic N) is 1. The summed E-state index contributed by atoms with van der Waals surface area (Å²) in [6.45, 7) is 7.94. The highest BCUT2D eigenvalue weighted by atomic mass is 16.4. The third-order valence-electron chi connectivity index (χ3n) is 10.6. The van der Waals surface area contributed by atoms with Gasteiger partial charge in [-0.25, -0.2) is 9.97 Å². The summed E-state index contributed by atoms with van der Waals surface area (Å²) in [5.74, 6) is -0.392. The van der Waals surface area contributed by atoms with E-state index in [0.717, 1.165) is 33.2 Å². The van der Waals surface area contributed by atoms with Crippen LogP contribution < -0.4 is 5.32 Å². The van der Waals surface area contributed by atoms with Gasteiger partial charge in [-0.1, -0.05) is 43.3 Å². The van der Waals surface area contributed by atoms with Crippen molar-refractivity contribution in [3.63, 3.8) is 0 Å². The van der Waals surface area contributed by atoms with Crippen LogP contribution in [0.25, 0.3) is 27.6 Å². The predicted octanol–water partition coefficient (Wildman–Crippen LogP) is 5.63. The van der Waals surface area contributed by atoms with E-state index >= 15 is 0 Å². The molecule has 2 unspecified atom stereocenters. The summed E-state index contributed by atoms with van der Waals surface area (Å²) in [6, 6.07) is 18.4. The quantitative estimate of drug-likeness (QED) is 0.178. The molecule has 1 aliphatic carbocycles. The Labute approximate surface area is 295 Å². The number of aliphatic hydroxyl groups is 1. The van der Waals surface area contributed by atoms with Crippen molar-refractivity contribution in [1.29, 1.82) is 5.26 Å². The number of likely N-dealkylation sites (tertiary alicyclic amines) is 2. The molecule has 8 rings (SSSR count). The number of aliphatic carboxylic acids is 1. The van der Waals surface area contributed by atoms with Gasteiger partial charge >= 0.3 is 5.97 Å². The van der Waals surface area contributed by atoms with Crippen LogP contribution in [0.5, 0.6) is 0 Å². The number of carboxylic acids is 1. The normalized spacial score (nSPS) is 22.6. The monoisotopic (exact) mass is 681 g/mol. The first-order valence-corrected chi connectivity index (χ1v) is 17.4. The topological polar surface area (TPSA) is 152 Å². The van der Waals surface area contributed by atoms with Gasteiger partial charge in [-0.3, -0.25) is 19.6 Å². The number of nitriles is 1. The SMILES string of the molecule is Cc1ccccc1C1=CC=CC(Nc2nccc3cc(CN4CC(O)C4)cnc23)(c2nc3cc(CN4CC[C@@H](C(=O)O)C4)cc(C#N)c3o2)C1C. The van der Waals surface area contributed by atoms with Crippen LogP contribution in [-0.2, 0) is 23.4 Å². The zero-order valence-corrected chi connectivity index (χ0v) is 28.6. The number of benzene rings is 2. The Kier molecular flexibility index (Phi) is 8.38. The van der Waals surface area contributed by atoms with Gasteiger partial charge in [0.1, 0.15) is 22.6 Å². The van der Waals surface area contributed by atoms with E-state index in [1.807, 2.05) is 42.6 Å². The van der Waals surface area contributed by atoms with Crippen LogP contribution in [0.3, 0.4) is 0 Å². The van der Waals surface area contributed by atoms with E-state index in [-0.39, 0.29) is 17.9 Å². The van der Waals surface area contributed by atoms with Crippen molar-refractivity contribution in [3.05, 3.63) is 113 Å². The van der Waals surface area contributed by atoms with Crippen LogP contribution >= 0.6 is 0 Å². The maximum absolute atomic E-state index is 11.6. The molecule has 3 N–H and O–H groups in total. The summed E-state index contributed by atoms with van der Waals surface area (Å²) in [5.41, 5.74) is 6.33. The van der Waals surface area contributed by atoms with Gasteiger partial charge in [-0.2, -0.15) is 5.26 Å². The number of carbonyl (C=O) groups is 1. The van der Waals surface area contributed by atoms with Crippen molar-refractivity contribution in [2.45, 2.75) is 45.0 Å². The Bertz CT molecular complexity index is 2270. The van der Waals surface area contributed by atoms with E-state index in [2.05, 4.69) is 65.4 Å². The van der Waals surface area contributed by atoms with E-state index in [1.54, 1.807) is 6.20 Å². The number of carboxylic acid groups (broad SMARTS) is 1. The van der Waals surface area contributed by atoms with Gasteiger partial charge in [0.05, 0.1) is 17.6 Å². The van der Waals surface area contributed by atoms with E-state index < -0.39 is 11.5 Å². The number of aromatic nitrogens is 3. The summed E-state index contributed by atoms with van der Waals surface area (Å²) in [4.78, 5) is 30.6. The second-order valence-corrected chi connectivity index (χ2v) is 14.1. The molecule has 11 heteroatoms. The van der Waals surface area contributed by atoms with E-state index in [0.29, 0.717) is 79.6 Å². The van der Waals surface area contributed by atoms with Crippen LogP contribution in [0.15, 0.2) is 83.6 Å². The molecule has 0 amide bonds. The highest BCUT2D eigenvalue weighted by Gasteiger charge is 2.45. The first-order valence-electron chi connectivity index (χ1n) is 17.4. The lowest BCUT2D eigenvalue weighted by Gasteiger charge is -2.39. The lowest BCUT2D eigenvalue weighted by molar-refractivity contribution is -0.141. The average Bonchev–Trinajstić information content (AvgIpc) is 3.77. The molecule has 3 atom stereocenters. The van der Waals surface area contributed by atoms with Gasteiger partial charge in [0.15, 0.2) is 11.4 Å². The second kappa shape index (κ2) is 13.0. The van der Waals surface area contributed by atoms with Crippen molar-refractivity contribution in [2.24, 2.45) is 11.8 Å². The Balaban J connectivity index is 1.20. The molecule has 0 spiro atoms. The molecule has 2 aromatic carbocycles. The van der Waals surface area contributed by atoms with Crippen molar-refractivity contribution >= 4 is 39.4 Å². The number of rotatable bonds is 9. The highest BCUT2D eigenvalue weighted by Crippen LogP contribution is 2.46. The van der Waals surface area contributed by atoms with Gasteiger partial charge in [0, 0.05) is 56.4 Å². The van der Waals surface area contributed by atoms with Gasteiger partial charge in [0.25, 0.3) is 0 Å². The third kappa shape index (κ3) is 6.05. The van der Waals surface area contributed by atoms with Crippen LogP contribution in [0, 0.1) is 30.1 Å². The molecule has 258 valence electrons. The maximum atomic E-state index is 11.6. The van der Waals surface area contributed by atoms with Crippen LogP contribution in [0.1, 0.15) is 47.1 Å². The van der Waals surface area contributed by atoms with Crippen molar-refractivity contribution in [1.82, 2.24) is 24.8 Å². The zero-order chi connectivity index (χ0) is 35.3. The number of oxazole rings is 1. The Hall–Kier alpha value is -5.41. The van der Waals surface area contributed by atoms with Crippen LogP contribution in [-0.4, -0.2) is 73.2 Å². The first-order chi connectivity index (χ1) is 24.7. The van der Waals surface area contributed by atoms with E-state index in [1.165, 1.54) is 0 Å². The zero-order valence-electron chi connectivity index (χ0n) is 28.6. The molecule has 0 radical (unpaired) electrons. The Morgan fingerprint density at radius 1 is 1.10 bits per heavy atom. The third-order valence-corrected chi connectivity index (χ3v) is 10.6. The standard InChI is InChI=1S/C40H39N7O4/c1-24-6-3-4-7-32(24)33-8-5-11-40(25(33)2,45-37-35-28(9-12-42-37)15-27(18-43-35)20-47-22-31(48)23-47)39-44-34-16-26(14-30(17-41)36(34)51-39)19-46-13-10-29(21-46)38(49)50/h3-9,11-12,14-16,18,25,29,31,48H,10,13,19-23H2,1-2H3,(H,42,45)(H,49,50)/t25?,29-,40?/m1/s1. The Morgan fingerprint density at radius 2 is 1.92 bits per heavy atom. The molecule has 51 heavy (non-hydrogen) atoms. The number of hydrogen-bond acceptors (Lipinski definition) is 10. The lowest BCUT2D eigenvalue weighted by Crippen LogP contribution is -2.49. The number of allylic oxidation sites excluding steroid dienone is 2. The predicted molar refractivity (Wildman–Crippen MR) is 193 cm³/mol. The molecular weight excluding hydrogens is 642 g/mol. The highest BCUT2D eigenvalue weighted by molar-refractivity contribution is 5.89. The molecule has 2 aliphatic heterocycles. The van der Waals surface area contributed by atoms with Gasteiger partial charge in [-0.15, -0.1) is 0 Å². The minimum absolute atomic E-state index is 0.201. The summed E-state index contributed by atoms with van der Waals surface area (Å²) in [6.07, 6.45) is 10.2. The number of fused-ring (bicyclic) bond motifs is 2. The minimum atomic E-state index is -1.02. The van der Waals surface area contributed by atoms with Crippen molar-refractivity contribution in [3.8, 4) is 6.07 Å². The second-order valence-electron chi connectivity index (χ2n) is 14.1. The molecule has 0 saturated carbocycles. The molecule has 3 aliphatic rings. The Morgan fingerprint density at radius 3 is 2.69 bits per heavy atom. The summed E-state index contributed by atoms with van der Waals surface area (Å²) < 4.78 is 6.63. The number of aliphatic hydroxyl groups excluding tert-OH is 1. The van der Waals surface area contributed by atoms with Crippen molar-refractivity contribution < 1.29 is 19.4 Å².